The van der Waals surface area contributed by atoms with Crippen molar-refractivity contribution in [3.8, 4) is 11.5 Å². The number of hydrogen-bond donors (Lipinski definition) is 3. The number of aliphatic hydroxyl groups is 1. The molecule has 2 aromatic rings. The van der Waals surface area contributed by atoms with Crippen LogP contribution in [0, 0.1) is 10.8 Å². The first-order valence-corrected chi connectivity index (χ1v) is 9.23. The third-order valence-corrected chi connectivity index (χ3v) is 4.65. The first-order valence-electron chi connectivity index (χ1n) is 9.23. The van der Waals surface area contributed by atoms with Crippen LogP contribution in [-0.2, 0) is 11.2 Å². The molecule has 1 heterocycles. The van der Waals surface area contributed by atoms with Crippen LogP contribution in [0.15, 0.2) is 16.1 Å². The molecule has 0 fully saturated rings. The number of benzene rings is 1. The van der Waals surface area contributed by atoms with Crippen molar-refractivity contribution in [2.45, 2.75) is 54.4 Å². The number of aromatic hydroxyl groups is 2. The first-order chi connectivity index (χ1) is 12.7. The van der Waals surface area contributed by atoms with Crippen molar-refractivity contribution in [3.63, 3.8) is 0 Å². The summed E-state index contributed by atoms with van der Waals surface area (Å²) in [5.74, 6) is -2.88. The highest BCUT2D eigenvalue weighted by molar-refractivity contribution is 6.52. The lowest BCUT2D eigenvalue weighted by molar-refractivity contribution is -0.112. The number of Topliss-reactive ketones (excluding diaryl/α,β-unsaturated/α-hetero) is 2. The summed E-state index contributed by atoms with van der Waals surface area (Å²) in [4.78, 5) is 25.3. The highest BCUT2D eigenvalue weighted by atomic mass is 16.4. The number of rotatable bonds is 2. The van der Waals surface area contributed by atoms with Crippen LogP contribution in [0.25, 0.3) is 16.7 Å². The van der Waals surface area contributed by atoms with Crippen molar-refractivity contribution >= 4 is 28.3 Å². The molecule has 1 aromatic carbocycles. The number of aliphatic hydroxyl groups excluding tert-OH is 1. The second-order valence-corrected chi connectivity index (χ2v) is 9.87. The Morgan fingerprint density at radius 1 is 0.893 bits per heavy atom. The van der Waals surface area contributed by atoms with Gasteiger partial charge in [-0.3, -0.25) is 9.59 Å². The van der Waals surface area contributed by atoms with E-state index in [0.717, 1.165) is 0 Å². The Labute approximate surface area is 163 Å². The topological polar surface area (TPSA) is 108 Å². The van der Waals surface area contributed by atoms with E-state index in [0.29, 0.717) is 17.4 Å². The van der Waals surface area contributed by atoms with Gasteiger partial charge in [-0.25, -0.2) is 0 Å². The van der Waals surface area contributed by atoms with Gasteiger partial charge in [-0.1, -0.05) is 41.5 Å². The zero-order chi connectivity index (χ0) is 21.2. The number of allylic oxidation sites excluding steroid dienone is 1. The molecule has 0 aliphatic heterocycles. The van der Waals surface area contributed by atoms with E-state index in [4.69, 9.17) is 4.42 Å². The molecule has 0 bridgehead atoms. The van der Waals surface area contributed by atoms with Gasteiger partial charge in [0.15, 0.2) is 17.3 Å². The SMILES string of the molecule is CC(C)(C)CC1=C(O)c2c(oc3c(CC(C)(C)C)c(O)c(O)cc23)C(=O)C1=O. The lowest BCUT2D eigenvalue weighted by atomic mass is 9.81. The second kappa shape index (κ2) is 6.12. The van der Waals surface area contributed by atoms with Gasteiger partial charge in [-0.05, 0) is 29.7 Å². The van der Waals surface area contributed by atoms with Crippen LogP contribution in [0.3, 0.4) is 0 Å². The van der Waals surface area contributed by atoms with E-state index in [1.807, 2.05) is 41.5 Å². The number of carbonyl (C=O) groups is 2. The molecule has 1 aliphatic carbocycles. The van der Waals surface area contributed by atoms with Gasteiger partial charge in [-0.2, -0.15) is 0 Å². The summed E-state index contributed by atoms with van der Waals surface area (Å²) < 4.78 is 5.70. The number of phenols is 2. The van der Waals surface area contributed by atoms with Gasteiger partial charge < -0.3 is 19.7 Å². The molecule has 3 N–H and O–H groups in total. The summed E-state index contributed by atoms with van der Waals surface area (Å²) in [6, 6.07) is 1.26. The molecule has 0 saturated carbocycles. The van der Waals surface area contributed by atoms with Crippen LogP contribution in [0.4, 0.5) is 0 Å². The van der Waals surface area contributed by atoms with Crippen molar-refractivity contribution < 1.29 is 29.3 Å². The van der Waals surface area contributed by atoms with Crippen molar-refractivity contribution in [1.82, 2.24) is 0 Å². The van der Waals surface area contributed by atoms with Crippen LogP contribution in [0.2, 0.25) is 0 Å². The normalized spacial score (nSPS) is 15.5. The fraction of sp³-hybridized carbons (Fsp3) is 0.455. The van der Waals surface area contributed by atoms with E-state index in [1.54, 1.807) is 0 Å². The Kier molecular flexibility index (Phi) is 4.37. The molecular weight excluding hydrogens is 360 g/mol. The Morgan fingerprint density at radius 2 is 1.46 bits per heavy atom. The zero-order valence-corrected chi connectivity index (χ0v) is 17.1. The molecule has 0 atom stereocenters. The minimum atomic E-state index is -0.830. The molecule has 6 nitrogen and oxygen atoms in total. The molecule has 0 spiro atoms. The first kappa shape index (κ1) is 20.0. The van der Waals surface area contributed by atoms with E-state index in [9.17, 15) is 24.9 Å². The maximum atomic E-state index is 12.7. The molecule has 6 heteroatoms. The quantitative estimate of drug-likeness (QED) is 0.500. The predicted molar refractivity (Wildman–Crippen MR) is 106 cm³/mol. The Hall–Kier alpha value is -2.76. The second-order valence-electron chi connectivity index (χ2n) is 9.87. The lowest BCUT2D eigenvalue weighted by Gasteiger charge is -2.22. The van der Waals surface area contributed by atoms with E-state index in [1.165, 1.54) is 6.07 Å². The summed E-state index contributed by atoms with van der Waals surface area (Å²) in [5, 5.41) is 31.7. The van der Waals surface area contributed by atoms with Crippen LogP contribution in [-0.4, -0.2) is 26.9 Å². The van der Waals surface area contributed by atoms with E-state index in [-0.39, 0.29) is 57.0 Å². The Balaban J connectivity index is 2.36. The summed E-state index contributed by atoms with van der Waals surface area (Å²) in [6.07, 6.45) is 0.575. The summed E-state index contributed by atoms with van der Waals surface area (Å²) in [7, 11) is 0. The molecule has 28 heavy (non-hydrogen) atoms. The van der Waals surface area contributed by atoms with Gasteiger partial charge in [0.25, 0.3) is 5.78 Å². The average molecular weight is 386 g/mol. The van der Waals surface area contributed by atoms with Gasteiger partial charge in [0.1, 0.15) is 11.3 Å². The van der Waals surface area contributed by atoms with Crippen molar-refractivity contribution in [2.75, 3.05) is 0 Å². The standard InChI is InChI=1S/C22H26O6/c1-21(2,3)8-11-16(25)14-10-7-13(23)15(24)12(9-22(4,5)6)19(10)28-20(14)18(27)17(11)26/h7,23-25H,8-9H2,1-6H3. The number of phenolic OH excluding ortho intramolecular Hbond substituents is 2. The third-order valence-electron chi connectivity index (χ3n) is 4.65. The molecular formula is C22H26O6. The average Bonchev–Trinajstić information content (AvgIpc) is 2.91. The Morgan fingerprint density at radius 3 is 2.00 bits per heavy atom. The van der Waals surface area contributed by atoms with Gasteiger partial charge in [0, 0.05) is 16.5 Å². The lowest BCUT2D eigenvalue weighted by Crippen LogP contribution is -2.25. The van der Waals surface area contributed by atoms with Gasteiger partial charge in [0.05, 0.1) is 5.56 Å². The summed E-state index contributed by atoms with van der Waals surface area (Å²) in [6.45, 7) is 11.6. The molecule has 0 saturated heterocycles. The third kappa shape index (κ3) is 3.28. The molecule has 0 unspecified atom stereocenters. The molecule has 0 radical (unpaired) electrons. The largest absolute Gasteiger partial charge is 0.507 e. The van der Waals surface area contributed by atoms with E-state index >= 15 is 0 Å². The van der Waals surface area contributed by atoms with E-state index in [2.05, 4.69) is 0 Å². The predicted octanol–water partition coefficient (Wildman–Crippen LogP) is 4.90. The molecule has 0 amide bonds. The fourth-order valence-electron chi connectivity index (χ4n) is 3.56. The number of hydrogen-bond acceptors (Lipinski definition) is 6. The van der Waals surface area contributed by atoms with Crippen molar-refractivity contribution in [1.29, 1.82) is 0 Å². The number of ketones is 2. The Bertz CT molecular complexity index is 1040. The highest BCUT2D eigenvalue weighted by Gasteiger charge is 2.40. The van der Waals surface area contributed by atoms with Crippen molar-refractivity contribution in [2.24, 2.45) is 10.8 Å². The summed E-state index contributed by atoms with van der Waals surface area (Å²) in [5.41, 5.74) is 0.0959. The van der Waals surface area contributed by atoms with Gasteiger partial charge in [-0.15, -0.1) is 0 Å². The van der Waals surface area contributed by atoms with Gasteiger partial charge in [0.2, 0.25) is 5.78 Å². The maximum absolute atomic E-state index is 12.7. The molecule has 1 aliphatic rings. The van der Waals surface area contributed by atoms with Gasteiger partial charge >= 0.3 is 0 Å². The van der Waals surface area contributed by atoms with Crippen LogP contribution in [0.5, 0.6) is 11.5 Å². The maximum Gasteiger partial charge on any atom is 0.269 e. The number of carbonyl (C=O) groups excluding carboxylic acids is 2. The minimum Gasteiger partial charge on any atom is -0.507 e. The van der Waals surface area contributed by atoms with Crippen LogP contribution < -0.4 is 0 Å². The summed E-state index contributed by atoms with van der Waals surface area (Å²) >= 11 is 0. The number of fused-ring (bicyclic) bond motifs is 3. The zero-order valence-electron chi connectivity index (χ0n) is 17.1. The monoisotopic (exact) mass is 386 g/mol. The van der Waals surface area contributed by atoms with Crippen LogP contribution >= 0.6 is 0 Å². The van der Waals surface area contributed by atoms with Crippen LogP contribution in [0.1, 0.15) is 69.6 Å². The smallest absolute Gasteiger partial charge is 0.269 e. The molecule has 150 valence electrons. The highest BCUT2D eigenvalue weighted by Crippen LogP contribution is 2.46. The fourth-order valence-corrected chi connectivity index (χ4v) is 3.56. The molecule has 3 rings (SSSR count). The van der Waals surface area contributed by atoms with Crippen molar-refractivity contribution in [3.05, 3.63) is 28.5 Å². The number of furan rings is 1. The minimum absolute atomic E-state index is 0.0395. The van der Waals surface area contributed by atoms with E-state index < -0.39 is 11.6 Å². The molecule has 1 aromatic heterocycles.